The van der Waals surface area contributed by atoms with Gasteiger partial charge in [0.1, 0.15) is 0 Å². The first kappa shape index (κ1) is 28.5. The highest BCUT2D eigenvalue weighted by atomic mass is 32.2. The van der Waals surface area contributed by atoms with Crippen molar-refractivity contribution in [3.63, 3.8) is 0 Å². The van der Waals surface area contributed by atoms with Crippen LogP contribution < -0.4 is 4.90 Å². The molecule has 1 unspecified atom stereocenters. The number of imidazole rings is 2. The van der Waals surface area contributed by atoms with Crippen LogP contribution in [0.15, 0.2) is 71.2 Å². The molecule has 0 aliphatic carbocycles. The van der Waals surface area contributed by atoms with Gasteiger partial charge in [0, 0.05) is 51.4 Å². The summed E-state index contributed by atoms with van der Waals surface area (Å²) >= 11 is 0. The number of nitrogens with zero attached hydrogens (tertiary/aromatic N) is 7. The Balaban J connectivity index is 1.59. The molecule has 0 bridgehead atoms. The number of nitriles is 1. The summed E-state index contributed by atoms with van der Waals surface area (Å²) in [5.41, 5.74) is 4.41. The summed E-state index contributed by atoms with van der Waals surface area (Å²) in [5, 5.41) is 9.55. The molecule has 1 aliphatic rings. The minimum atomic E-state index is -4.09. The quantitative estimate of drug-likeness (QED) is 0.304. The minimum absolute atomic E-state index is 0.0138. The molecule has 11 nitrogen and oxygen atoms in total. The Morgan fingerprint density at radius 3 is 2.37 bits per heavy atom. The molecule has 13 heteroatoms. The minimum Gasteiger partial charge on any atom is -0.364 e. The van der Waals surface area contributed by atoms with Gasteiger partial charge >= 0.3 is 0 Å². The van der Waals surface area contributed by atoms with Crippen LogP contribution in [-0.2, 0) is 53.5 Å². The first-order valence-electron chi connectivity index (χ1n) is 12.9. The van der Waals surface area contributed by atoms with Crippen LogP contribution in [0.3, 0.4) is 0 Å². The summed E-state index contributed by atoms with van der Waals surface area (Å²) in [5.74, 6) is 0. The molecule has 0 radical (unpaired) electrons. The zero-order chi connectivity index (χ0) is 29.5. The van der Waals surface area contributed by atoms with Crippen LogP contribution in [0.2, 0.25) is 0 Å². The number of hydrogen-bond acceptors (Lipinski definition) is 8. The van der Waals surface area contributed by atoms with Gasteiger partial charge in [0.05, 0.1) is 47.1 Å². The maximum atomic E-state index is 14.3. The second-order valence-electron chi connectivity index (χ2n) is 10.4. The molecule has 0 fully saturated rings. The van der Waals surface area contributed by atoms with E-state index >= 15 is 0 Å². The summed E-state index contributed by atoms with van der Waals surface area (Å²) < 4.78 is 57.6. The van der Waals surface area contributed by atoms with Crippen molar-refractivity contribution in [1.82, 2.24) is 23.4 Å². The third-order valence-corrected chi connectivity index (χ3v) is 10.6. The van der Waals surface area contributed by atoms with Gasteiger partial charge in [-0.25, -0.2) is 26.8 Å². The molecule has 0 spiro atoms. The Bertz CT molecular complexity index is 1850. The Hall–Kier alpha value is -3.99. The zero-order valence-corrected chi connectivity index (χ0v) is 24.9. The predicted octanol–water partition coefficient (Wildman–Crippen LogP) is 2.56. The molecular weight excluding hydrogens is 562 g/mol. The van der Waals surface area contributed by atoms with E-state index in [4.69, 9.17) is 0 Å². The van der Waals surface area contributed by atoms with Crippen LogP contribution >= 0.6 is 0 Å². The average molecular weight is 594 g/mol. The Morgan fingerprint density at radius 1 is 1.05 bits per heavy atom. The fraction of sp³-hybridized carbons (Fsp3) is 0.321. The smallest absolute Gasteiger partial charge is 0.262 e. The lowest BCUT2D eigenvalue weighted by Gasteiger charge is -2.40. The summed E-state index contributed by atoms with van der Waals surface area (Å²) in [6, 6.07) is 13.4. The molecule has 0 N–H and O–H groups in total. The third kappa shape index (κ3) is 5.63. The molecule has 214 valence electrons. The summed E-state index contributed by atoms with van der Waals surface area (Å²) in [7, 11) is -3.84. The lowest BCUT2D eigenvalue weighted by Crippen LogP contribution is -2.50. The largest absolute Gasteiger partial charge is 0.364 e. The molecule has 4 aromatic rings. The number of aryl methyl sites for hydroxylation is 2. The van der Waals surface area contributed by atoms with Gasteiger partial charge in [0.15, 0.2) is 14.9 Å². The number of sulfone groups is 1. The molecule has 2 aromatic carbocycles. The summed E-state index contributed by atoms with van der Waals surface area (Å²) in [4.78, 5) is 10.7. The van der Waals surface area contributed by atoms with Crippen LogP contribution in [0.4, 0.5) is 5.69 Å². The van der Waals surface area contributed by atoms with E-state index < -0.39 is 25.9 Å². The summed E-state index contributed by atoms with van der Waals surface area (Å²) in [6.07, 6.45) is 6.50. The molecule has 2 aromatic heterocycles. The summed E-state index contributed by atoms with van der Waals surface area (Å²) in [6.45, 7) is 2.60. The second-order valence-corrected chi connectivity index (χ2v) is 14.2. The molecule has 1 atom stereocenters. The highest BCUT2D eigenvalue weighted by Crippen LogP contribution is 2.34. The van der Waals surface area contributed by atoms with Gasteiger partial charge in [-0.15, -0.1) is 0 Å². The van der Waals surface area contributed by atoms with Gasteiger partial charge in [-0.2, -0.15) is 9.57 Å². The van der Waals surface area contributed by atoms with Crippen LogP contribution in [0, 0.1) is 18.3 Å². The number of aromatic nitrogens is 4. The fourth-order valence-corrected chi connectivity index (χ4v) is 7.54. The van der Waals surface area contributed by atoms with Crippen LogP contribution in [0.1, 0.15) is 28.1 Å². The van der Waals surface area contributed by atoms with Gasteiger partial charge in [0.2, 0.25) is 0 Å². The number of rotatable bonds is 8. The number of hydrogen-bond donors (Lipinski definition) is 0. The van der Waals surface area contributed by atoms with Crippen molar-refractivity contribution in [2.45, 2.75) is 42.4 Å². The van der Waals surface area contributed by atoms with Crippen molar-refractivity contribution < 1.29 is 16.8 Å². The van der Waals surface area contributed by atoms with E-state index in [-0.39, 0.29) is 16.5 Å². The standard InChI is InChI=1S/C28H31N7O4S2/c1-20-28(31-19-32(20)2)41(38,39)35(15-21-5-8-26(9-6-21)40(4,36)37)24-12-23-11-22(13-29)7-10-27(23)34(16-24)17-25-14-30-18-33(25)3/h5-11,14,18-19,24H,12,15-17H2,1-4H3. The van der Waals surface area contributed by atoms with E-state index in [0.29, 0.717) is 36.3 Å². The van der Waals surface area contributed by atoms with Gasteiger partial charge < -0.3 is 14.0 Å². The molecular formula is C28H31N7O4S2. The molecule has 0 saturated carbocycles. The molecule has 0 amide bonds. The van der Waals surface area contributed by atoms with Crippen molar-refractivity contribution in [3.05, 3.63) is 89.4 Å². The first-order chi connectivity index (χ1) is 19.4. The van der Waals surface area contributed by atoms with Gasteiger partial charge in [-0.3, -0.25) is 0 Å². The normalized spacial score (nSPS) is 15.6. The van der Waals surface area contributed by atoms with Crippen LogP contribution in [0.25, 0.3) is 0 Å². The van der Waals surface area contributed by atoms with Crippen molar-refractivity contribution in [2.24, 2.45) is 14.1 Å². The van der Waals surface area contributed by atoms with Crippen molar-refractivity contribution >= 4 is 25.5 Å². The number of sulfonamides is 1. The average Bonchev–Trinajstić information content (AvgIpc) is 3.50. The zero-order valence-electron chi connectivity index (χ0n) is 23.3. The maximum absolute atomic E-state index is 14.3. The van der Waals surface area contributed by atoms with Crippen LogP contribution in [0.5, 0.6) is 0 Å². The fourth-order valence-electron chi connectivity index (χ4n) is 5.14. The van der Waals surface area contributed by atoms with E-state index in [1.165, 1.54) is 22.8 Å². The highest BCUT2D eigenvalue weighted by molar-refractivity contribution is 7.90. The van der Waals surface area contributed by atoms with E-state index in [1.54, 1.807) is 49.3 Å². The van der Waals surface area contributed by atoms with Gasteiger partial charge in [-0.1, -0.05) is 12.1 Å². The van der Waals surface area contributed by atoms with Crippen molar-refractivity contribution in [2.75, 3.05) is 17.7 Å². The van der Waals surface area contributed by atoms with Crippen molar-refractivity contribution in [3.8, 4) is 6.07 Å². The lowest BCUT2D eigenvalue weighted by atomic mass is 9.95. The number of anilines is 1. The van der Waals surface area contributed by atoms with E-state index in [0.717, 1.165) is 23.2 Å². The molecule has 0 saturated heterocycles. The molecule has 5 rings (SSSR count). The van der Waals surface area contributed by atoms with Crippen molar-refractivity contribution in [1.29, 1.82) is 5.26 Å². The van der Waals surface area contributed by atoms with E-state index in [9.17, 15) is 22.1 Å². The maximum Gasteiger partial charge on any atom is 0.262 e. The molecule has 3 heterocycles. The van der Waals surface area contributed by atoms with E-state index in [1.807, 2.05) is 23.7 Å². The topological polar surface area (TPSA) is 134 Å². The monoisotopic (exact) mass is 593 g/mol. The lowest BCUT2D eigenvalue weighted by molar-refractivity contribution is 0.301. The first-order valence-corrected chi connectivity index (χ1v) is 16.2. The predicted molar refractivity (Wildman–Crippen MR) is 153 cm³/mol. The SMILES string of the molecule is Cc1c(S(=O)(=O)N(Cc2ccc(S(C)(=O)=O)cc2)C2Cc3cc(C#N)ccc3N(Cc3cncn3C)C2)ncn1C. The second kappa shape index (κ2) is 10.8. The van der Waals surface area contributed by atoms with Gasteiger partial charge in [-0.05, 0) is 54.8 Å². The van der Waals surface area contributed by atoms with Crippen LogP contribution in [-0.4, -0.2) is 59.1 Å². The highest BCUT2D eigenvalue weighted by Gasteiger charge is 2.38. The molecule has 1 aliphatic heterocycles. The Kier molecular flexibility index (Phi) is 7.50. The van der Waals surface area contributed by atoms with Gasteiger partial charge in [0.25, 0.3) is 10.0 Å². The van der Waals surface area contributed by atoms with E-state index in [2.05, 4.69) is 20.9 Å². The Labute approximate surface area is 240 Å². The number of benzene rings is 2. The Morgan fingerprint density at radius 2 is 1.78 bits per heavy atom. The number of fused-ring (bicyclic) bond motifs is 1. The molecule has 41 heavy (non-hydrogen) atoms. The third-order valence-electron chi connectivity index (χ3n) is 7.54.